The van der Waals surface area contributed by atoms with E-state index in [2.05, 4.69) is 0 Å². The first-order valence-corrected chi connectivity index (χ1v) is 12.3. The van der Waals surface area contributed by atoms with Crippen LogP contribution in [0.5, 0.6) is 5.75 Å². The van der Waals surface area contributed by atoms with Crippen molar-refractivity contribution in [2.24, 2.45) is 0 Å². The van der Waals surface area contributed by atoms with Crippen LogP contribution >= 0.6 is 34.8 Å². The van der Waals surface area contributed by atoms with Crippen LogP contribution in [0.3, 0.4) is 0 Å². The smallest absolute Gasteiger partial charge is 0.305 e. The summed E-state index contributed by atoms with van der Waals surface area (Å²) in [7, 11) is 0. The summed E-state index contributed by atoms with van der Waals surface area (Å²) in [6.07, 6.45) is 1.01. The Balaban J connectivity index is 1.53. The van der Waals surface area contributed by atoms with E-state index in [1.807, 2.05) is 37.3 Å². The third-order valence-corrected chi connectivity index (χ3v) is 7.10. The molecule has 0 fully saturated rings. The minimum atomic E-state index is -0.961. The molecule has 0 radical (unpaired) electrons. The van der Waals surface area contributed by atoms with Crippen LogP contribution in [0.4, 0.5) is 0 Å². The minimum absolute atomic E-state index is 0.0926. The number of carbonyl (C=O) groups is 2. The molecule has 3 aromatic carbocycles. The molecule has 35 heavy (non-hydrogen) atoms. The topological polar surface area (TPSA) is 66.8 Å². The zero-order valence-corrected chi connectivity index (χ0v) is 21.3. The quantitative estimate of drug-likeness (QED) is 0.350. The van der Waals surface area contributed by atoms with Crippen molar-refractivity contribution in [1.82, 2.24) is 4.90 Å². The second-order valence-electron chi connectivity index (χ2n) is 8.94. The Morgan fingerprint density at radius 2 is 1.80 bits per heavy atom. The van der Waals surface area contributed by atoms with Gasteiger partial charge in [0, 0.05) is 36.5 Å². The highest BCUT2D eigenvalue weighted by molar-refractivity contribution is 6.42. The Hall–Kier alpha value is -2.73. The highest BCUT2D eigenvalue weighted by Crippen LogP contribution is 2.39. The van der Waals surface area contributed by atoms with E-state index in [1.165, 1.54) is 0 Å². The number of rotatable bonds is 8. The highest BCUT2D eigenvalue weighted by Gasteiger charge is 2.36. The van der Waals surface area contributed by atoms with Crippen LogP contribution in [-0.4, -0.2) is 34.0 Å². The van der Waals surface area contributed by atoms with Crippen molar-refractivity contribution < 1.29 is 19.4 Å². The molecule has 8 heteroatoms. The molecular weight excluding hydrogens is 509 g/mol. The fourth-order valence-electron chi connectivity index (χ4n) is 4.32. The van der Waals surface area contributed by atoms with E-state index in [0.29, 0.717) is 33.5 Å². The van der Waals surface area contributed by atoms with Crippen LogP contribution in [0.15, 0.2) is 60.7 Å². The summed E-state index contributed by atoms with van der Waals surface area (Å²) in [5, 5.41) is 10.8. The Morgan fingerprint density at radius 3 is 2.51 bits per heavy atom. The van der Waals surface area contributed by atoms with Gasteiger partial charge in [-0.15, -0.1) is 0 Å². The van der Waals surface area contributed by atoms with Crippen LogP contribution in [0.1, 0.15) is 40.4 Å². The number of nitrogens with zero attached hydrogens (tertiary/aromatic N) is 1. The number of halogens is 3. The van der Waals surface area contributed by atoms with Crippen molar-refractivity contribution in [3.05, 3.63) is 98.0 Å². The van der Waals surface area contributed by atoms with Crippen molar-refractivity contribution >= 4 is 46.7 Å². The molecule has 4 rings (SSSR count). The maximum Gasteiger partial charge on any atom is 0.305 e. The molecule has 0 saturated heterocycles. The standard InChI is InChI=1S/C27H24Cl3NO4/c1-27(14-19-3-2-4-22(29)25(19)30)15-20-13-18(7-10-23(20)35-27)26(34)31(12-11-24(32)33)16-17-5-8-21(28)9-6-17/h2-10,13H,11-12,14-16H2,1H3,(H,32,33)/t27-/m0/s1. The number of carbonyl (C=O) groups excluding carboxylic acids is 1. The van der Waals surface area contributed by atoms with Gasteiger partial charge in [0.1, 0.15) is 11.4 Å². The molecule has 0 aromatic heterocycles. The Morgan fingerprint density at radius 1 is 1.06 bits per heavy atom. The number of aliphatic carboxylic acids is 1. The molecule has 1 heterocycles. The molecule has 0 aliphatic carbocycles. The highest BCUT2D eigenvalue weighted by atomic mass is 35.5. The van der Waals surface area contributed by atoms with Crippen molar-refractivity contribution in [3.8, 4) is 5.75 Å². The van der Waals surface area contributed by atoms with Crippen LogP contribution < -0.4 is 4.74 Å². The van der Waals surface area contributed by atoms with Crippen molar-refractivity contribution in [2.45, 2.75) is 38.3 Å². The van der Waals surface area contributed by atoms with Gasteiger partial charge in [-0.2, -0.15) is 0 Å². The second kappa shape index (κ2) is 10.5. The van der Waals surface area contributed by atoms with Gasteiger partial charge in [0.15, 0.2) is 0 Å². The molecule has 0 bridgehead atoms. The van der Waals surface area contributed by atoms with Crippen LogP contribution in [0.2, 0.25) is 15.1 Å². The van der Waals surface area contributed by atoms with Gasteiger partial charge in [-0.3, -0.25) is 9.59 Å². The fourth-order valence-corrected chi connectivity index (χ4v) is 4.83. The summed E-state index contributed by atoms with van der Waals surface area (Å²) in [6, 6.07) is 18.0. The molecule has 1 N–H and O–H groups in total. The predicted octanol–water partition coefficient (Wildman–Crippen LogP) is 6.70. The van der Waals surface area contributed by atoms with E-state index in [4.69, 9.17) is 44.6 Å². The lowest BCUT2D eigenvalue weighted by molar-refractivity contribution is -0.137. The van der Waals surface area contributed by atoms with Crippen LogP contribution in [-0.2, 0) is 24.2 Å². The van der Waals surface area contributed by atoms with E-state index in [9.17, 15) is 9.59 Å². The van der Waals surface area contributed by atoms with E-state index >= 15 is 0 Å². The molecule has 0 saturated carbocycles. The third-order valence-electron chi connectivity index (χ3n) is 5.99. The van der Waals surface area contributed by atoms with Gasteiger partial charge in [-0.05, 0) is 60.0 Å². The summed E-state index contributed by atoms with van der Waals surface area (Å²) in [5.41, 5.74) is 2.63. The van der Waals surface area contributed by atoms with Gasteiger partial charge in [0.05, 0.1) is 16.5 Å². The average molecular weight is 533 g/mol. The van der Waals surface area contributed by atoms with Gasteiger partial charge in [-0.25, -0.2) is 0 Å². The number of hydrogen-bond acceptors (Lipinski definition) is 3. The maximum absolute atomic E-state index is 13.4. The van der Waals surface area contributed by atoms with Crippen LogP contribution in [0.25, 0.3) is 0 Å². The lowest BCUT2D eigenvalue weighted by Crippen LogP contribution is -2.33. The zero-order chi connectivity index (χ0) is 25.2. The van der Waals surface area contributed by atoms with Gasteiger partial charge in [0.2, 0.25) is 0 Å². The number of fused-ring (bicyclic) bond motifs is 1. The van der Waals surface area contributed by atoms with E-state index in [-0.39, 0.29) is 25.4 Å². The number of ether oxygens (including phenoxy) is 1. The summed E-state index contributed by atoms with van der Waals surface area (Å²) in [5.74, 6) is -0.482. The third kappa shape index (κ3) is 6.10. The van der Waals surface area contributed by atoms with E-state index in [1.54, 1.807) is 35.2 Å². The average Bonchev–Trinajstić information content (AvgIpc) is 3.15. The zero-order valence-electron chi connectivity index (χ0n) is 19.1. The molecule has 1 aliphatic heterocycles. The Bertz CT molecular complexity index is 1260. The molecule has 1 amide bonds. The summed E-state index contributed by atoms with van der Waals surface area (Å²) >= 11 is 18.5. The van der Waals surface area contributed by atoms with Crippen molar-refractivity contribution in [1.29, 1.82) is 0 Å². The first kappa shape index (κ1) is 25.4. The predicted molar refractivity (Wildman–Crippen MR) is 138 cm³/mol. The number of amides is 1. The van der Waals surface area contributed by atoms with E-state index in [0.717, 1.165) is 22.4 Å². The lowest BCUT2D eigenvalue weighted by atomic mass is 9.91. The molecule has 3 aromatic rings. The maximum atomic E-state index is 13.4. The summed E-state index contributed by atoms with van der Waals surface area (Å²) in [6.45, 7) is 2.38. The SMILES string of the molecule is C[C@]1(Cc2cccc(Cl)c2Cl)Cc2cc(C(=O)N(CCC(=O)O)Cc3ccc(Cl)cc3)ccc2O1. The van der Waals surface area contributed by atoms with Gasteiger partial charge < -0.3 is 14.7 Å². The molecule has 0 spiro atoms. The molecular formula is C27H24Cl3NO4. The largest absolute Gasteiger partial charge is 0.487 e. The van der Waals surface area contributed by atoms with Gasteiger partial charge in [0.25, 0.3) is 5.91 Å². The monoisotopic (exact) mass is 531 g/mol. The Labute approximate surface area is 219 Å². The lowest BCUT2D eigenvalue weighted by Gasteiger charge is -2.24. The summed E-state index contributed by atoms with van der Waals surface area (Å²) < 4.78 is 6.26. The number of hydrogen-bond donors (Lipinski definition) is 1. The summed E-state index contributed by atoms with van der Waals surface area (Å²) in [4.78, 5) is 26.1. The van der Waals surface area contributed by atoms with Gasteiger partial charge in [-0.1, -0.05) is 59.1 Å². The first-order valence-electron chi connectivity index (χ1n) is 11.1. The van der Waals surface area contributed by atoms with Gasteiger partial charge >= 0.3 is 5.97 Å². The van der Waals surface area contributed by atoms with E-state index < -0.39 is 11.6 Å². The molecule has 1 aliphatic rings. The minimum Gasteiger partial charge on any atom is -0.487 e. The first-order chi connectivity index (χ1) is 16.6. The van der Waals surface area contributed by atoms with Crippen molar-refractivity contribution in [3.63, 3.8) is 0 Å². The van der Waals surface area contributed by atoms with Crippen molar-refractivity contribution in [2.75, 3.05) is 6.54 Å². The number of carboxylic acids is 1. The number of carboxylic acid groups (broad SMARTS) is 1. The normalized spacial score (nSPS) is 16.5. The fraction of sp³-hybridized carbons (Fsp3) is 0.259. The number of benzene rings is 3. The molecule has 5 nitrogen and oxygen atoms in total. The second-order valence-corrected chi connectivity index (χ2v) is 10.2. The molecule has 182 valence electrons. The molecule has 0 unspecified atom stereocenters. The molecule has 1 atom stereocenters. The van der Waals surface area contributed by atoms with Crippen LogP contribution in [0, 0.1) is 0 Å². The Kier molecular flexibility index (Phi) is 7.60.